The fraction of sp³-hybridized carbons (Fsp3) is 0.263. The van der Waals surface area contributed by atoms with Crippen molar-refractivity contribution in [2.24, 2.45) is 0 Å². The van der Waals surface area contributed by atoms with E-state index in [1.807, 2.05) is 0 Å². The zero-order valence-electron chi connectivity index (χ0n) is 14.4. The van der Waals surface area contributed by atoms with Crippen molar-refractivity contribution in [2.75, 3.05) is 13.2 Å². The van der Waals surface area contributed by atoms with E-state index < -0.39 is 11.9 Å². The first-order chi connectivity index (χ1) is 13.0. The van der Waals surface area contributed by atoms with Crippen LogP contribution in [-0.4, -0.2) is 25.1 Å². The van der Waals surface area contributed by atoms with E-state index in [1.165, 1.54) is 12.1 Å². The minimum absolute atomic E-state index is 0.153. The van der Waals surface area contributed by atoms with E-state index in [9.17, 15) is 14.0 Å². The minimum atomic E-state index is -0.514. The third-order valence-corrected chi connectivity index (χ3v) is 4.93. The highest BCUT2D eigenvalue weighted by molar-refractivity contribution is 9.10. The predicted molar refractivity (Wildman–Crippen MR) is 102 cm³/mol. The van der Waals surface area contributed by atoms with E-state index in [1.54, 1.807) is 36.4 Å². The van der Waals surface area contributed by atoms with Crippen molar-refractivity contribution in [1.29, 1.82) is 0 Å². The molecule has 27 heavy (non-hydrogen) atoms. The Balaban J connectivity index is 1.37. The molecule has 8 heteroatoms. The van der Waals surface area contributed by atoms with Crippen LogP contribution in [0.5, 0.6) is 5.75 Å². The summed E-state index contributed by atoms with van der Waals surface area (Å²) in [7, 11) is 0. The van der Waals surface area contributed by atoms with Crippen LogP contribution in [0, 0.1) is 5.82 Å². The van der Waals surface area contributed by atoms with E-state index >= 15 is 0 Å². The maximum absolute atomic E-state index is 13.0. The largest absolute Gasteiger partial charge is 0.484 e. The predicted octanol–water partition coefficient (Wildman–Crippen LogP) is 3.03. The highest BCUT2D eigenvalue weighted by Gasteiger charge is 2.44. The van der Waals surface area contributed by atoms with Crippen molar-refractivity contribution < 1.29 is 18.7 Å². The molecule has 6 nitrogen and oxygen atoms in total. The molecule has 0 spiro atoms. The number of hydrogen-bond acceptors (Lipinski definition) is 3. The van der Waals surface area contributed by atoms with Crippen LogP contribution in [-0.2, 0) is 10.2 Å². The standard InChI is InChI=1S/C19H19BrFN3O3/c20-14-3-7-16(8-4-14)27-11-17(25)23-24-18(26)22-12-19(9-10-19)13-1-5-15(21)6-2-13/h1-8H,9-12H2,(H,23,25)(H2,22,24,26). The number of ether oxygens (including phenoxy) is 1. The number of carbonyl (C=O) groups excluding carboxylic acids is 2. The van der Waals surface area contributed by atoms with Gasteiger partial charge in [-0.05, 0) is 54.8 Å². The highest BCUT2D eigenvalue weighted by Crippen LogP contribution is 2.47. The van der Waals surface area contributed by atoms with Gasteiger partial charge in [-0.15, -0.1) is 0 Å². The molecule has 0 atom stereocenters. The van der Waals surface area contributed by atoms with Crippen LogP contribution in [0.25, 0.3) is 0 Å². The number of halogens is 2. The van der Waals surface area contributed by atoms with Gasteiger partial charge in [-0.25, -0.2) is 14.6 Å². The quantitative estimate of drug-likeness (QED) is 0.610. The molecular formula is C19H19BrFN3O3. The van der Waals surface area contributed by atoms with Crippen LogP contribution in [0.2, 0.25) is 0 Å². The first-order valence-electron chi connectivity index (χ1n) is 8.44. The Hall–Kier alpha value is -2.61. The Morgan fingerprint density at radius 1 is 1.04 bits per heavy atom. The van der Waals surface area contributed by atoms with Gasteiger partial charge in [-0.3, -0.25) is 10.2 Å². The van der Waals surface area contributed by atoms with Crippen molar-refractivity contribution in [3.05, 3.63) is 64.4 Å². The second-order valence-corrected chi connectivity index (χ2v) is 7.30. The summed E-state index contributed by atoms with van der Waals surface area (Å²) in [6, 6.07) is 12.8. The number of amides is 3. The molecule has 142 valence electrons. The van der Waals surface area contributed by atoms with Gasteiger partial charge in [0, 0.05) is 16.4 Å². The van der Waals surface area contributed by atoms with Crippen molar-refractivity contribution >= 4 is 27.9 Å². The lowest BCUT2D eigenvalue weighted by Crippen LogP contribution is -2.49. The average molecular weight is 436 g/mol. The molecule has 0 unspecified atom stereocenters. The number of rotatable bonds is 6. The molecule has 0 radical (unpaired) electrons. The van der Waals surface area contributed by atoms with E-state index in [4.69, 9.17) is 4.74 Å². The number of hydrogen-bond donors (Lipinski definition) is 3. The Morgan fingerprint density at radius 2 is 1.70 bits per heavy atom. The zero-order chi connectivity index (χ0) is 19.3. The average Bonchev–Trinajstić information content (AvgIpc) is 3.46. The van der Waals surface area contributed by atoms with Gasteiger partial charge >= 0.3 is 6.03 Å². The molecule has 2 aromatic carbocycles. The van der Waals surface area contributed by atoms with Gasteiger partial charge in [0.25, 0.3) is 5.91 Å². The summed E-state index contributed by atoms with van der Waals surface area (Å²) in [5.74, 6) is -0.214. The number of urea groups is 1. The maximum Gasteiger partial charge on any atom is 0.333 e. The Labute approximate surface area is 164 Å². The number of hydrazine groups is 1. The van der Waals surface area contributed by atoms with Crippen LogP contribution < -0.4 is 20.9 Å². The molecule has 1 aliphatic rings. The summed E-state index contributed by atoms with van der Waals surface area (Å²) < 4.78 is 19.3. The summed E-state index contributed by atoms with van der Waals surface area (Å²) >= 11 is 3.31. The van der Waals surface area contributed by atoms with Crippen molar-refractivity contribution in [3.8, 4) is 5.75 Å². The smallest absolute Gasteiger partial charge is 0.333 e. The highest BCUT2D eigenvalue weighted by atomic mass is 79.9. The molecule has 0 heterocycles. The van der Waals surface area contributed by atoms with E-state index in [2.05, 4.69) is 32.1 Å². The van der Waals surface area contributed by atoms with Gasteiger partial charge in [-0.2, -0.15) is 0 Å². The zero-order valence-corrected chi connectivity index (χ0v) is 16.0. The Kier molecular flexibility index (Phi) is 5.95. The molecule has 3 amide bonds. The Bertz CT molecular complexity index is 808. The minimum Gasteiger partial charge on any atom is -0.484 e. The molecule has 0 aliphatic heterocycles. The van der Waals surface area contributed by atoms with Crippen molar-refractivity contribution in [3.63, 3.8) is 0 Å². The van der Waals surface area contributed by atoms with Crippen LogP contribution in [0.3, 0.4) is 0 Å². The second-order valence-electron chi connectivity index (χ2n) is 6.39. The molecule has 1 aliphatic carbocycles. The van der Waals surface area contributed by atoms with Gasteiger partial charge < -0.3 is 10.1 Å². The van der Waals surface area contributed by atoms with Gasteiger partial charge in [0.05, 0.1) is 0 Å². The summed E-state index contributed by atoms with van der Waals surface area (Å²) in [5, 5.41) is 2.73. The first-order valence-corrected chi connectivity index (χ1v) is 9.23. The summed E-state index contributed by atoms with van der Waals surface area (Å²) in [5.41, 5.74) is 5.42. The summed E-state index contributed by atoms with van der Waals surface area (Å²) in [4.78, 5) is 23.6. The number of carbonyl (C=O) groups is 2. The van der Waals surface area contributed by atoms with Crippen LogP contribution in [0.4, 0.5) is 9.18 Å². The Morgan fingerprint density at radius 3 is 2.33 bits per heavy atom. The molecule has 3 N–H and O–H groups in total. The third-order valence-electron chi connectivity index (χ3n) is 4.40. The van der Waals surface area contributed by atoms with Gasteiger partial charge in [0.15, 0.2) is 6.61 Å². The van der Waals surface area contributed by atoms with E-state index in [0.717, 1.165) is 22.9 Å². The second kappa shape index (κ2) is 8.39. The van der Waals surface area contributed by atoms with Crippen LogP contribution >= 0.6 is 15.9 Å². The van der Waals surface area contributed by atoms with E-state index in [0.29, 0.717) is 12.3 Å². The van der Waals surface area contributed by atoms with E-state index in [-0.39, 0.29) is 17.8 Å². The summed E-state index contributed by atoms with van der Waals surface area (Å²) in [6.07, 6.45) is 1.85. The summed E-state index contributed by atoms with van der Waals surface area (Å²) in [6.45, 7) is 0.192. The lowest BCUT2D eigenvalue weighted by molar-refractivity contribution is -0.123. The van der Waals surface area contributed by atoms with Crippen molar-refractivity contribution in [1.82, 2.24) is 16.2 Å². The molecule has 0 aromatic heterocycles. The number of nitrogens with one attached hydrogen (secondary N) is 3. The lowest BCUT2D eigenvalue weighted by Gasteiger charge is -2.17. The van der Waals surface area contributed by atoms with Crippen LogP contribution in [0.1, 0.15) is 18.4 Å². The maximum atomic E-state index is 13.0. The van der Waals surface area contributed by atoms with Crippen LogP contribution in [0.15, 0.2) is 53.0 Å². The molecule has 1 saturated carbocycles. The molecule has 3 rings (SSSR count). The molecular weight excluding hydrogens is 417 g/mol. The van der Waals surface area contributed by atoms with Crippen molar-refractivity contribution in [2.45, 2.75) is 18.3 Å². The number of benzene rings is 2. The topological polar surface area (TPSA) is 79.5 Å². The van der Waals surface area contributed by atoms with Gasteiger partial charge in [-0.1, -0.05) is 28.1 Å². The lowest BCUT2D eigenvalue weighted by atomic mass is 9.96. The first kappa shape index (κ1) is 19.2. The fourth-order valence-corrected chi connectivity index (χ4v) is 2.92. The fourth-order valence-electron chi connectivity index (χ4n) is 2.66. The molecule has 0 saturated heterocycles. The third kappa shape index (κ3) is 5.43. The monoisotopic (exact) mass is 435 g/mol. The molecule has 0 bridgehead atoms. The molecule has 2 aromatic rings. The van der Waals surface area contributed by atoms with Gasteiger partial charge in [0.1, 0.15) is 11.6 Å². The van der Waals surface area contributed by atoms with Gasteiger partial charge in [0.2, 0.25) is 0 Å². The molecule has 1 fully saturated rings. The normalized spacial score (nSPS) is 14.1. The SMILES string of the molecule is O=C(COc1ccc(Br)cc1)NNC(=O)NCC1(c2ccc(F)cc2)CC1.